The van der Waals surface area contributed by atoms with Gasteiger partial charge in [-0.2, -0.15) is 13.8 Å². The molecule has 0 aromatic rings. The van der Waals surface area contributed by atoms with E-state index >= 15 is 0 Å². The van der Waals surface area contributed by atoms with Crippen molar-refractivity contribution in [1.29, 1.82) is 0 Å². The summed E-state index contributed by atoms with van der Waals surface area (Å²) in [6.07, 6.45) is 0.750. The predicted octanol–water partition coefficient (Wildman–Crippen LogP) is 17.1. The quantitative estimate of drug-likeness (QED) is 0.0485. The number of hydrogen-bond acceptors (Lipinski definition) is 16. The minimum atomic E-state index is 0. The molecule has 22 heteroatoms. The van der Waals surface area contributed by atoms with Crippen LogP contribution in [0.15, 0.2) is 52.6 Å². The molecule has 8 N–H and O–H groups in total. The SMILES string of the molecule is C.C.C.C.C.C.C.C.C.C.C.C.C.C.C.C.C.C.C=C.C=C.C=C.C=C.C=O.C=O.C=O.C=O.CCO.CCO.CCO.CCO.COO.COO.COO.COO.[CH2-]C.[CH2-]C.[CH2-]C[CH2-].[U].[U].[U].[U].[U].[U]. The van der Waals surface area contributed by atoms with Crippen LogP contribution < -0.4 is 0 Å². The molecule has 0 saturated heterocycles. The molecule has 0 fully saturated rings. The number of carbonyl (C=O) groups is 4. The van der Waals surface area contributed by atoms with Crippen molar-refractivity contribution >= 4 is 27.2 Å². The molecule has 71 heavy (non-hydrogen) atoms. The van der Waals surface area contributed by atoms with E-state index in [1.165, 1.54) is 28.4 Å². The molecule has 0 amide bonds. The van der Waals surface area contributed by atoms with Crippen molar-refractivity contribution in [3.63, 3.8) is 0 Å². The van der Waals surface area contributed by atoms with Crippen LogP contribution in [0.2, 0.25) is 0 Å². The minimum absolute atomic E-state index is 0. The summed E-state index contributed by atoms with van der Waals surface area (Å²) >= 11 is 0. The zero-order valence-electron chi connectivity index (χ0n) is 34.7. The van der Waals surface area contributed by atoms with E-state index in [4.69, 9.17) is 60.6 Å². The van der Waals surface area contributed by atoms with Gasteiger partial charge in [-0.15, -0.1) is 52.6 Å². The summed E-state index contributed by atoms with van der Waals surface area (Å²) in [5.41, 5.74) is 0. The molecule has 16 nitrogen and oxygen atoms in total. The van der Waals surface area contributed by atoms with Crippen molar-refractivity contribution in [1.82, 2.24) is 0 Å². The van der Waals surface area contributed by atoms with Crippen molar-refractivity contribution in [2.24, 2.45) is 0 Å². The van der Waals surface area contributed by atoms with Crippen LogP contribution >= 0.6 is 0 Å². The Bertz CT molecular complexity index is 168. The smallest absolute Gasteiger partial charge is 0.106 e. The molecule has 0 saturated carbocycles. The van der Waals surface area contributed by atoms with Crippen LogP contribution in [0.4, 0.5) is 0 Å². The number of aliphatic hydroxyl groups excluding tert-OH is 4. The molecular weight excluding hydrogens is 2270 g/mol. The van der Waals surface area contributed by atoms with Gasteiger partial charge in [0.2, 0.25) is 0 Å². The minimum Gasteiger partial charge on any atom is -0.397 e. The third kappa shape index (κ3) is 31100. The van der Waals surface area contributed by atoms with Gasteiger partial charge in [-0.1, -0.05) is 134 Å². The van der Waals surface area contributed by atoms with E-state index in [-0.39, 0.29) is 347 Å². The van der Waals surface area contributed by atoms with Crippen molar-refractivity contribution in [2.45, 2.75) is 182 Å². The zero-order valence-corrected chi connectivity index (χ0v) is 59.7. The molecule has 0 atom stereocenters. The Balaban J connectivity index is -0.00000000280. The fraction of sp³-hybridized carbons (Fsp3) is 0.673. The van der Waals surface area contributed by atoms with Crippen LogP contribution in [0, 0.1) is 214 Å². The van der Waals surface area contributed by atoms with Crippen LogP contribution in [0.25, 0.3) is 0 Å². The molecule has 0 aliphatic heterocycles. The largest absolute Gasteiger partial charge is 0.397 e. The van der Waals surface area contributed by atoms with Crippen LogP contribution in [0.3, 0.4) is 0 Å². The molecule has 0 aliphatic rings. The molecule has 0 rings (SSSR count). The van der Waals surface area contributed by atoms with Gasteiger partial charge in [0, 0.05) is 213 Å². The summed E-state index contributed by atoms with van der Waals surface area (Å²) in [6, 6.07) is 0. The van der Waals surface area contributed by atoms with E-state index < -0.39 is 0 Å². The molecule has 0 spiro atoms. The summed E-state index contributed by atoms with van der Waals surface area (Å²) in [5.74, 6) is 0. The molecule has 0 bridgehead atoms. The summed E-state index contributed by atoms with van der Waals surface area (Å²) in [7, 11) is 4.72. The van der Waals surface area contributed by atoms with Gasteiger partial charge in [0.15, 0.2) is 0 Å². The number of hydrogen-bond donors (Lipinski definition) is 8. The number of aliphatic hydroxyl groups is 4. The van der Waals surface area contributed by atoms with Gasteiger partial charge in [-0.25, -0.2) is 19.6 Å². The maximum Gasteiger partial charge on any atom is 0.106 e. The van der Waals surface area contributed by atoms with Crippen molar-refractivity contribution in [3.8, 4) is 0 Å². The molecule has 0 heterocycles. The second-order valence-electron chi connectivity index (χ2n) is 2.35. The van der Waals surface area contributed by atoms with Gasteiger partial charge in [0.25, 0.3) is 0 Å². The average molecular weight is 2430 g/mol. The molecule has 472 valence electrons. The first-order valence-corrected chi connectivity index (χ1v) is 12.0. The summed E-state index contributed by atoms with van der Waals surface area (Å²) in [4.78, 5) is 45.0. The van der Waals surface area contributed by atoms with Gasteiger partial charge < -0.3 is 73.7 Å². The van der Waals surface area contributed by atoms with E-state index in [0.29, 0.717) is 0 Å². The van der Waals surface area contributed by atoms with E-state index in [1.807, 2.05) is 27.2 Å². The van der Waals surface area contributed by atoms with Crippen molar-refractivity contribution < 1.29 is 267 Å². The summed E-state index contributed by atoms with van der Waals surface area (Å²) in [6.45, 7) is 56.5. The Hall–Kier alpha value is 3.47. The van der Waals surface area contributed by atoms with Gasteiger partial charge in [-0.3, -0.25) is 21.0 Å². The van der Waals surface area contributed by atoms with E-state index in [2.05, 4.69) is 99.9 Å². The third-order valence-corrected chi connectivity index (χ3v) is 0. The second kappa shape index (κ2) is 2480. The van der Waals surface area contributed by atoms with Crippen molar-refractivity contribution in [2.75, 3.05) is 54.9 Å². The van der Waals surface area contributed by atoms with Gasteiger partial charge in [0.05, 0.1) is 28.4 Å². The molecule has 0 radical (unpaired) electrons. The topological polar surface area (TPSA) is 267 Å². The fourth-order valence-electron chi connectivity index (χ4n) is 0. The molecule has 0 aromatic heterocycles. The maximum atomic E-state index is 8.00. The molecule has 0 unspecified atom stereocenters. The molecular formula is C49H152O16U6-4. The van der Waals surface area contributed by atoms with E-state index in [1.54, 1.807) is 41.5 Å². The number of rotatable bonds is 0. The number of carbonyl (C=O) groups excluding carboxylic acids is 4. The fourth-order valence-corrected chi connectivity index (χ4v) is 0. The Morgan fingerprint density at radius 1 is 0.282 bits per heavy atom. The first-order chi connectivity index (χ1) is 22.7. The average Bonchev–Trinajstić information content (AvgIpc) is 3.13. The Labute approximate surface area is 602 Å². The Morgan fingerprint density at radius 2 is 0.282 bits per heavy atom. The Morgan fingerprint density at radius 3 is 0.282 bits per heavy atom. The predicted molar refractivity (Wildman–Crippen MR) is 322 cm³/mol. The van der Waals surface area contributed by atoms with E-state index in [9.17, 15) is 0 Å². The zero-order chi connectivity index (χ0) is 44.4. The second-order valence-corrected chi connectivity index (χ2v) is 2.35. The van der Waals surface area contributed by atoms with Crippen LogP contribution in [0.5, 0.6) is 0 Å². The van der Waals surface area contributed by atoms with Gasteiger partial charge in [0.1, 0.15) is 27.2 Å². The summed E-state index contributed by atoms with van der Waals surface area (Å²) < 4.78 is 0. The first-order valence-electron chi connectivity index (χ1n) is 12.0. The molecule has 0 aromatic carbocycles. The van der Waals surface area contributed by atoms with E-state index in [0.717, 1.165) is 6.42 Å². The normalized spacial score (nSPS) is 2.90. The van der Waals surface area contributed by atoms with Crippen LogP contribution in [-0.4, -0.2) is 123 Å². The molecule has 0 aliphatic carbocycles. The maximum absolute atomic E-state index is 8.00. The Kier molecular flexibility index (Phi) is 14200. The van der Waals surface area contributed by atoms with Crippen LogP contribution in [0.1, 0.15) is 182 Å². The standard InChI is InChI=1S/C3H6.4C2H6O.2C2H5.4C2H4.4CH4O2.4CH2O.18CH4.6U/c1-3-2;4*1-2-3;6*1-2;4*1-3-2;4*1-2;;;;;;;;;;;;;;;;;;;;;;;;/h1-3H2;4*3H,2H2,1H3;2*1H2,2H3;4*1-2H2;4*2H,1H3;4*1H2;18*1H4;;;;;;/q-2;;;;;2*-1;;;;;;;;;;;;;;;;;;;;;;;;;;;;;;;;;;;;. The van der Waals surface area contributed by atoms with Gasteiger partial charge >= 0.3 is 0 Å². The van der Waals surface area contributed by atoms with Gasteiger partial charge in [-0.05, 0) is 27.7 Å². The van der Waals surface area contributed by atoms with Crippen LogP contribution in [-0.2, 0) is 38.7 Å². The third-order valence-electron chi connectivity index (χ3n) is 0. The van der Waals surface area contributed by atoms with Crippen molar-refractivity contribution in [3.05, 3.63) is 80.3 Å². The first kappa shape index (κ1) is 406. The monoisotopic (exact) mass is 2430 g/mol. The summed E-state index contributed by atoms with van der Waals surface area (Å²) in [5, 5.41) is 58.6.